The van der Waals surface area contributed by atoms with Crippen molar-refractivity contribution in [2.24, 2.45) is 0 Å². The molecule has 0 aliphatic carbocycles. The first-order valence-corrected chi connectivity index (χ1v) is 13.2. The number of thioether (sulfide) groups is 1. The van der Waals surface area contributed by atoms with Crippen molar-refractivity contribution in [2.45, 2.75) is 39.5 Å². The molecule has 0 unspecified atom stereocenters. The minimum Gasteiger partial charge on any atom is -0.349 e. The van der Waals surface area contributed by atoms with Gasteiger partial charge in [0.15, 0.2) is 11.5 Å². The Morgan fingerprint density at radius 3 is 2.42 bits per heavy atom. The summed E-state index contributed by atoms with van der Waals surface area (Å²) in [6.45, 7) is 4.58. The maximum absolute atomic E-state index is 13.1. The van der Waals surface area contributed by atoms with Crippen molar-refractivity contribution >= 4 is 46.6 Å². The molecule has 0 aliphatic rings. The van der Waals surface area contributed by atoms with E-state index in [2.05, 4.69) is 15.7 Å². The number of rotatable bonds is 9. The lowest BCUT2D eigenvalue weighted by Crippen LogP contribution is -2.35. The van der Waals surface area contributed by atoms with Gasteiger partial charge in [0.1, 0.15) is 6.54 Å². The fraction of sp³-hybridized carbons (Fsp3) is 0.308. The van der Waals surface area contributed by atoms with E-state index in [0.717, 1.165) is 10.7 Å². The van der Waals surface area contributed by atoms with E-state index in [-0.39, 0.29) is 40.0 Å². The average Bonchev–Trinajstić information content (AvgIpc) is 3.20. The number of alkyl halides is 3. The molecular weight excluding hydrogens is 541 g/mol. The van der Waals surface area contributed by atoms with Gasteiger partial charge in [0.05, 0.1) is 16.1 Å². The third kappa shape index (κ3) is 6.96. The fourth-order valence-electron chi connectivity index (χ4n) is 3.73. The first-order chi connectivity index (χ1) is 17.8. The van der Waals surface area contributed by atoms with Crippen LogP contribution in [0.3, 0.4) is 0 Å². The molecule has 3 aromatic rings. The number of Topliss-reactive ketones (excluding diaryl/α,β-unsaturated/α-hetero) is 1. The first kappa shape index (κ1) is 29.2. The van der Waals surface area contributed by atoms with Gasteiger partial charge in [-0.15, -0.1) is 0 Å². The quantitative estimate of drug-likeness (QED) is 0.320. The molecule has 202 valence electrons. The Morgan fingerprint density at radius 1 is 1.11 bits per heavy atom. The Morgan fingerprint density at radius 2 is 1.82 bits per heavy atom. The SMILES string of the molecule is CSC[C@H](C)NC(=O)c1c(Cl)cccc1C(=O)Nc1ccc(C(=O)Cn2nc(C(F)(F)F)cc2C)cc1C. The number of anilines is 1. The van der Waals surface area contributed by atoms with Crippen molar-refractivity contribution < 1.29 is 27.6 Å². The lowest BCUT2D eigenvalue weighted by Gasteiger charge is -2.16. The molecule has 38 heavy (non-hydrogen) atoms. The van der Waals surface area contributed by atoms with Crippen LogP contribution in [0.25, 0.3) is 0 Å². The van der Waals surface area contributed by atoms with Crippen LogP contribution < -0.4 is 10.6 Å². The van der Waals surface area contributed by atoms with Gasteiger partial charge in [0, 0.05) is 28.7 Å². The van der Waals surface area contributed by atoms with E-state index in [1.807, 2.05) is 13.2 Å². The minimum atomic E-state index is -4.61. The molecule has 3 rings (SSSR count). The van der Waals surface area contributed by atoms with Gasteiger partial charge in [-0.1, -0.05) is 17.7 Å². The molecule has 0 aliphatic heterocycles. The Labute approximate surface area is 227 Å². The van der Waals surface area contributed by atoms with Crippen LogP contribution in [0.15, 0.2) is 42.5 Å². The van der Waals surface area contributed by atoms with Crippen LogP contribution in [-0.2, 0) is 12.7 Å². The second kappa shape index (κ2) is 12.0. The zero-order valence-electron chi connectivity index (χ0n) is 21.1. The van der Waals surface area contributed by atoms with Crippen LogP contribution in [-0.4, -0.2) is 45.4 Å². The lowest BCUT2D eigenvalue weighted by atomic mass is 10.0. The molecule has 12 heteroatoms. The summed E-state index contributed by atoms with van der Waals surface area (Å²) in [5.41, 5.74) is 0.453. The Bertz CT molecular complexity index is 1370. The molecule has 0 bridgehead atoms. The Balaban J connectivity index is 1.78. The lowest BCUT2D eigenvalue weighted by molar-refractivity contribution is -0.141. The number of hydrogen-bond acceptors (Lipinski definition) is 5. The molecule has 2 N–H and O–H groups in total. The van der Waals surface area contributed by atoms with Crippen LogP contribution in [0.5, 0.6) is 0 Å². The smallest absolute Gasteiger partial charge is 0.349 e. The monoisotopic (exact) mass is 566 g/mol. The molecule has 0 saturated heterocycles. The van der Waals surface area contributed by atoms with Gasteiger partial charge in [-0.25, -0.2) is 0 Å². The average molecular weight is 567 g/mol. The molecule has 0 radical (unpaired) electrons. The predicted octanol–water partition coefficient (Wildman–Crippen LogP) is 5.79. The summed E-state index contributed by atoms with van der Waals surface area (Å²) >= 11 is 7.84. The molecule has 0 fully saturated rings. The number of aryl methyl sites for hydroxylation is 2. The van der Waals surface area contributed by atoms with Crippen molar-refractivity contribution in [1.29, 1.82) is 0 Å². The number of aromatic nitrogens is 2. The molecule has 2 aromatic carbocycles. The molecule has 1 aromatic heterocycles. The van der Waals surface area contributed by atoms with Crippen molar-refractivity contribution in [3.8, 4) is 0 Å². The maximum Gasteiger partial charge on any atom is 0.435 e. The van der Waals surface area contributed by atoms with Crippen LogP contribution in [0.4, 0.5) is 18.9 Å². The van der Waals surface area contributed by atoms with E-state index < -0.39 is 29.5 Å². The van der Waals surface area contributed by atoms with Crippen molar-refractivity contribution in [2.75, 3.05) is 17.3 Å². The topological polar surface area (TPSA) is 93.1 Å². The van der Waals surface area contributed by atoms with E-state index in [1.54, 1.807) is 24.8 Å². The van der Waals surface area contributed by atoms with Crippen LogP contribution >= 0.6 is 23.4 Å². The predicted molar refractivity (Wildman–Crippen MR) is 142 cm³/mol. The van der Waals surface area contributed by atoms with Crippen molar-refractivity contribution in [1.82, 2.24) is 15.1 Å². The highest BCUT2D eigenvalue weighted by Crippen LogP contribution is 2.29. The molecule has 7 nitrogen and oxygen atoms in total. The van der Waals surface area contributed by atoms with E-state index in [1.165, 1.54) is 37.3 Å². The molecule has 0 saturated carbocycles. The van der Waals surface area contributed by atoms with Crippen LogP contribution in [0, 0.1) is 13.8 Å². The summed E-state index contributed by atoms with van der Waals surface area (Å²) in [6.07, 6.45) is -2.69. The summed E-state index contributed by atoms with van der Waals surface area (Å²) in [5, 5.41) is 9.19. The van der Waals surface area contributed by atoms with Crippen molar-refractivity contribution in [3.05, 3.63) is 81.1 Å². The van der Waals surface area contributed by atoms with Gasteiger partial charge in [0.25, 0.3) is 11.8 Å². The second-order valence-electron chi connectivity index (χ2n) is 8.73. The van der Waals surface area contributed by atoms with Gasteiger partial charge in [-0.05, 0) is 69.0 Å². The zero-order valence-corrected chi connectivity index (χ0v) is 22.6. The summed E-state index contributed by atoms with van der Waals surface area (Å²) in [4.78, 5) is 38.7. The highest BCUT2D eigenvalue weighted by atomic mass is 35.5. The number of ketones is 1. The number of benzene rings is 2. The van der Waals surface area contributed by atoms with Crippen LogP contribution in [0.2, 0.25) is 5.02 Å². The second-order valence-corrected chi connectivity index (χ2v) is 10.0. The summed E-state index contributed by atoms with van der Waals surface area (Å²) in [7, 11) is 0. The number of amides is 2. The third-order valence-corrected chi connectivity index (χ3v) is 6.79. The van der Waals surface area contributed by atoms with Gasteiger partial charge in [-0.3, -0.25) is 19.1 Å². The Hall–Kier alpha value is -3.31. The molecular formula is C26H26ClF3N4O3S. The number of carbonyl (C=O) groups is 3. The summed E-state index contributed by atoms with van der Waals surface area (Å²) in [6, 6.07) is 9.83. The normalized spacial score (nSPS) is 12.2. The highest BCUT2D eigenvalue weighted by Gasteiger charge is 2.34. The molecule has 2 amide bonds. The number of nitrogens with zero attached hydrogens (tertiary/aromatic N) is 2. The van der Waals surface area contributed by atoms with Gasteiger partial charge in [0.2, 0.25) is 0 Å². The first-order valence-electron chi connectivity index (χ1n) is 11.5. The number of hydrogen-bond donors (Lipinski definition) is 2. The van der Waals surface area contributed by atoms with Crippen molar-refractivity contribution in [3.63, 3.8) is 0 Å². The number of nitrogens with one attached hydrogen (secondary N) is 2. The summed E-state index contributed by atoms with van der Waals surface area (Å²) in [5.74, 6) is -0.795. The third-order valence-electron chi connectivity index (χ3n) is 5.64. The Kier molecular flexibility index (Phi) is 9.26. The van der Waals surface area contributed by atoms with Gasteiger partial charge >= 0.3 is 6.18 Å². The van der Waals surface area contributed by atoms with E-state index in [4.69, 9.17) is 11.6 Å². The molecule has 1 atom stereocenters. The standard InChI is InChI=1S/C26H26ClF3N4O3S/c1-14-10-17(21(35)12-34-16(3)11-22(33-34)26(28,29)30)8-9-20(14)32-24(36)18-6-5-7-19(27)23(18)25(37)31-15(2)13-38-4/h5-11,15H,12-13H2,1-4H3,(H,31,37)(H,32,36)/t15-/m0/s1. The van der Waals surface area contributed by atoms with Gasteiger partial charge in [-0.2, -0.15) is 30.0 Å². The minimum absolute atomic E-state index is 0.0527. The fourth-order valence-corrected chi connectivity index (χ4v) is 4.58. The summed E-state index contributed by atoms with van der Waals surface area (Å²) < 4.78 is 39.8. The van der Waals surface area contributed by atoms with E-state index in [0.29, 0.717) is 17.0 Å². The molecule has 1 heterocycles. The van der Waals surface area contributed by atoms with Gasteiger partial charge < -0.3 is 10.6 Å². The zero-order chi connectivity index (χ0) is 28.2. The van der Waals surface area contributed by atoms with E-state index >= 15 is 0 Å². The number of halogens is 4. The number of carbonyl (C=O) groups excluding carboxylic acids is 3. The highest BCUT2D eigenvalue weighted by molar-refractivity contribution is 7.98. The van der Waals surface area contributed by atoms with E-state index in [9.17, 15) is 27.6 Å². The largest absolute Gasteiger partial charge is 0.435 e. The van der Waals surface area contributed by atoms with Crippen LogP contribution in [0.1, 0.15) is 54.9 Å². The molecule has 0 spiro atoms. The maximum atomic E-state index is 13.1.